The maximum atomic E-state index is 12.1. The summed E-state index contributed by atoms with van der Waals surface area (Å²) in [6.07, 6.45) is 5.71. The molecule has 84 valence electrons. The van der Waals surface area contributed by atoms with E-state index in [1.807, 2.05) is 0 Å². The highest BCUT2D eigenvalue weighted by molar-refractivity contribution is 9.14. The van der Waals surface area contributed by atoms with Crippen LogP contribution in [0.4, 0.5) is 0 Å². The zero-order valence-electron chi connectivity index (χ0n) is 8.40. The fourth-order valence-electron chi connectivity index (χ4n) is 3.92. The molecule has 2 fully saturated rings. The number of hydrogen-bond donors (Lipinski definition) is 0. The SMILES string of the molecule is O=C1C(Br)=C(Br)[C@H]2O[C@@H]1[C@H]1[C@@H]2[C@H]2C=C[C@@H]1C2. The Bertz CT molecular complexity index is 454. The van der Waals surface area contributed by atoms with Gasteiger partial charge in [0.1, 0.15) is 6.10 Å². The van der Waals surface area contributed by atoms with Gasteiger partial charge in [-0.2, -0.15) is 0 Å². The lowest BCUT2D eigenvalue weighted by Crippen LogP contribution is -2.32. The number of carbonyl (C=O) groups is 1. The van der Waals surface area contributed by atoms with Crippen LogP contribution in [0.3, 0.4) is 0 Å². The summed E-state index contributed by atoms with van der Waals surface area (Å²) in [7, 11) is 0. The van der Waals surface area contributed by atoms with Crippen molar-refractivity contribution in [2.45, 2.75) is 18.6 Å². The predicted octanol–water partition coefficient (Wildman–Crippen LogP) is 2.78. The second-order valence-corrected chi connectivity index (χ2v) is 6.75. The van der Waals surface area contributed by atoms with Gasteiger partial charge >= 0.3 is 0 Å². The van der Waals surface area contributed by atoms with E-state index in [-0.39, 0.29) is 18.0 Å². The molecule has 0 N–H and O–H groups in total. The molecule has 6 atom stereocenters. The third kappa shape index (κ3) is 0.998. The van der Waals surface area contributed by atoms with Crippen LogP contribution in [0.2, 0.25) is 0 Å². The van der Waals surface area contributed by atoms with Gasteiger partial charge in [-0.1, -0.05) is 28.1 Å². The smallest absolute Gasteiger partial charge is 0.199 e. The van der Waals surface area contributed by atoms with Crippen LogP contribution in [0.15, 0.2) is 21.1 Å². The normalized spacial score (nSPS) is 52.8. The Hall–Kier alpha value is 0.0700. The van der Waals surface area contributed by atoms with Crippen LogP contribution in [0.25, 0.3) is 0 Å². The van der Waals surface area contributed by atoms with Gasteiger partial charge in [0.05, 0.1) is 10.6 Å². The van der Waals surface area contributed by atoms with E-state index in [2.05, 4.69) is 44.0 Å². The van der Waals surface area contributed by atoms with E-state index in [1.54, 1.807) is 0 Å². The summed E-state index contributed by atoms with van der Waals surface area (Å²) in [6, 6.07) is 0. The first kappa shape index (κ1) is 10.0. The largest absolute Gasteiger partial charge is 0.361 e. The van der Waals surface area contributed by atoms with Crippen molar-refractivity contribution in [3.8, 4) is 0 Å². The molecule has 2 nitrogen and oxygen atoms in total. The van der Waals surface area contributed by atoms with Crippen LogP contribution in [-0.2, 0) is 9.53 Å². The van der Waals surface area contributed by atoms with Gasteiger partial charge in [0, 0.05) is 16.3 Å². The Morgan fingerprint density at radius 1 is 1.12 bits per heavy atom. The van der Waals surface area contributed by atoms with E-state index in [0.29, 0.717) is 28.2 Å². The highest BCUT2D eigenvalue weighted by Gasteiger charge is 2.61. The van der Waals surface area contributed by atoms with Gasteiger partial charge in [-0.25, -0.2) is 0 Å². The topological polar surface area (TPSA) is 26.3 Å². The first-order valence-electron chi connectivity index (χ1n) is 5.61. The van der Waals surface area contributed by atoms with Crippen molar-refractivity contribution in [2.75, 3.05) is 0 Å². The maximum Gasteiger partial charge on any atom is 0.199 e. The average Bonchev–Trinajstić information content (AvgIpc) is 2.93. The Kier molecular flexibility index (Phi) is 1.94. The summed E-state index contributed by atoms with van der Waals surface area (Å²) in [6.45, 7) is 0. The molecule has 2 heterocycles. The van der Waals surface area contributed by atoms with Crippen LogP contribution >= 0.6 is 31.9 Å². The van der Waals surface area contributed by atoms with E-state index in [1.165, 1.54) is 6.42 Å². The number of carbonyl (C=O) groups excluding carboxylic acids is 1. The molecule has 0 radical (unpaired) electrons. The first-order chi connectivity index (χ1) is 7.68. The van der Waals surface area contributed by atoms with Crippen molar-refractivity contribution < 1.29 is 9.53 Å². The molecule has 4 heteroatoms. The number of ether oxygens (including phenoxy) is 1. The third-order valence-electron chi connectivity index (χ3n) is 4.51. The van der Waals surface area contributed by atoms with E-state index in [4.69, 9.17) is 4.74 Å². The van der Waals surface area contributed by atoms with E-state index >= 15 is 0 Å². The van der Waals surface area contributed by atoms with E-state index in [9.17, 15) is 4.79 Å². The van der Waals surface area contributed by atoms with Crippen LogP contribution in [0.5, 0.6) is 0 Å². The van der Waals surface area contributed by atoms with Gasteiger partial charge in [-0.05, 0) is 34.2 Å². The van der Waals surface area contributed by atoms with Gasteiger partial charge < -0.3 is 4.74 Å². The zero-order valence-corrected chi connectivity index (χ0v) is 11.6. The summed E-state index contributed by atoms with van der Waals surface area (Å²) >= 11 is 6.91. The maximum absolute atomic E-state index is 12.1. The molecular weight excluding hydrogens is 336 g/mol. The molecular formula is C12H10Br2O2. The van der Waals surface area contributed by atoms with Crippen molar-refractivity contribution in [1.82, 2.24) is 0 Å². The monoisotopic (exact) mass is 344 g/mol. The van der Waals surface area contributed by atoms with Crippen LogP contribution in [0, 0.1) is 23.7 Å². The van der Waals surface area contributed by atoms with Crippen molar-refractivity contribution in [2.24, 2.45) is 23.7 Å². The van der Waals surface area contributed by atoms with Crippen LogP contribution in [0.1, 0.15) is 6.42 Å². The lowest BCUT2D eigenvalue weighted by atomic mass is 9.80. The number of halogens is 2. The molecule has 0 unspecified atom stereocenters. The Balaban J connectivity index is 1.86. The highest BCUT2D eigenvalue weighted by Crippen LogP contribution is 2.60. The Morgan fingerprint density at radius 2 is 1.75 bits per heavy atom. The minimum atomic E-state index is -0.203. The van der Waals surface area contributed by atoms with Crippen molar-refractivity contribution in [3.63, 3.8) is 0 Å². The molecule has 4 aliphatic rings. The summed E-state index contributed by atoms with van der Waals surface area (Å²) in [5.41, 5.74) is 0. The van der Waals surface area contributed by atoms with Crippen LogP contribution in [-0.4, -0.2) is 18.0 Å². The fraction of sp³-hybridized carbons (Fsp3) is 0.583. The number of fused-ring (bicyclic) bond motifs is 9. The average molecular weight is 346 g/mol. The fourth-order valence-corrected chi connectivity index (χ4v) is 4.98. The molecule has 0 aromatic carbocycles. The minimum absolute atomic E-state index is 0.0991. The number of hydrogen-bond acceptors (Lipinski definition) is 2. The quantitative estimate of drug-likeness (QED) is 0.631. The Morgan fingerprint density at radius 3 is 2.44 bits per heavy atom. The molecule has 4 bridgehead atoms. The molecule has 1 saturated heterocycles. The van der Waals surface area contributed by atoms with E-state index in [0.717, 1.165) is 4.48 Å². The van der Waals surface area contributed by atoms with Gasteiger partial charge in [0.2, 0.25) is 0 Å². The molecule has 1 saturated carbocycles. The molecule has 16 heavy (non-hydrogen) atoms. The van der Waals surface area contributed by atoms with Crippen molar-refractivity contribution >= 4 is 37.6 Å². The number of rotatable bonds is 0. The summed E-state index contributed by atoms with van der Waals surface area (Å²) < 4.78 is 7.53. The zero-order chi connectivity index (χ0) is 11.0. The van der Waals surface area contributed by atoms with Gasteiger partial charge in [0.15, 0.2) is 5.78 Å². The lowest BCUT2D eigenvalue weighted by Gasteiger charge is -2.24. The summed E-state index contributed by atoms with van der Waals surface area (Å²) in [5, 5.41) is 0. The number of ketones is 1. The molecule has 0 spiro atoms. The molecule has 0 aromatic heterocycles. The summed E-state index contributed by atoms with van der Waals surface area (Å²) in [5.74, 6) is 2.22. The van der Waals surface area contributed by atoms with Gasteiger partial charge in [-0.15, -0.1) is 0 Å². The lowest BCUT2D eigenvalue weighted by molar-refractivity contribution is -0.128. The Labute approximate surface area is 110 Å². The van der Waals surface area contributed by atoms with Crippen molar-refractivity contribution in [3.05, 3.63) is 21.1 Å². The third-order valence-corrected chi connectivity index (χ3v) is 6.71. The second kappa shape index (κ2) is 3.09. The van der Waals surface area contributed by atoms with E-state index < -0.39 is 0 Å². The number of Topliss-reactive ketones (excluding diaryl/α,β-unsaturated/α-hetero) is 1. The standard InChI is InChI=1S/C12H10Br2O2/c13-8-9(14)11-6-4-1-2-5(3-4)7(6)12(16-11)10(8)15/h1-2,4-7,11-12H,3H2/t4-,5+,6-,7+,11-,12+/m0/s1. The summed E-state index contributed by atoms with van der Waals surface area (Å²) in [4.78, 5) is 12.1. The predicted molar refractivity (Wildman–Crippen MR) is 66.3 cm³/mol. The molecule has 2 aliphatic carbocycles. The number of allylic oxidation sites excluding steroid dienone is 2. The first-order valence-corrected chi connectivity index (χ1v) is 7.20. The molecule has 0 amide bonds. The second-order valence-electron chi connectivity index (χ2n) is 5.11. The molecule has 2 aliphatic heterocycles. The van der Waals surface area contributed by atoms with Crippen molar-refractivity contribution in [1.29, 1.82) is 0 Å². The van der Waals surface area contributed by atoms with Gasteiger partial charge in [0.25, 0.3) is 0 Å². The minimum Gasteiger partial charge on any atom is -0.361 e. The highest BCUT2D eigenvalue weighted by atomic mass is 79.9. The van der Waals surface area contributed by atoms with Gasteiger partial charge in [-0.3, -0.25) is 4.79 Å². The molecule has 4 rings (SSSR count). The molecule has 0 aromatic rings. The van der Waals surface area contributed by atoms with Crippen LogP contribution < -0.4 is 0 Å².